The molecular weight excluding hydrogens is 359 g/mol. The predicted octanol–water partition coefficient (Wildman–Crippen LogP) is 4.37. The lowest BCUT2D eigenvalue weighted by Crippen LogP contribution is -2.27. The highest BCUT2D eigenvalue weighted by Gasteiger charge is 2.13. The fraction of sp³-hybridized carbons (Fsp3) is 0.111. The van der Waals surface area contributed by atoms with Crippen LogP contribution in [0.25, 0.3) is 6.08 Å². The van der Waals surface area contributed by atoms with Gasteiger partial charge in [0.05, 0.1) is 10.5 Å². The van der Waals surface area contributed by atoms with Crippen molar-refractivity contribution in [2.75, 3.05) is 0 Å². The lowest BCUT2D eigenvalue weighted by atomic mass is 10.1. The Morgan fingerprint density at radius 2 is 2.00 bits per heavy atom. The van der Waals surface area contributed by atoms with Crippen LogP contribution in [-0.4, -0.2) is 5.91 Å². The van der Waals surface area contributed by atoms with Crippen molar-refractivity contribution in [1.29, 1.82) is 5.26 Å². The van der Waals surface area contributed by atoms with Crippen molar-refractivity contribution >= 4 is 27.9 Å². The zero-order chi connectivity index (χ0) is 16.8. The van der Waals surface area contributed by atoms with Crippen LogP contribution >= 0.6 is 15.9 Å². The van der Waals surface area contributed by atoms with Gasteiger partial charge in [0.15, 0.2) is 0 Å². The SMILES string of the molecule is CC(NC(=O)/C(C#N)=C\c1ccc(F)c(Br)c1)c1ccccc1. The van der Waals surface area contributed by atoms with Crippen LogP contribution in [0.1, 0.15) is 24.1 Å². The summed E-state index contributed by atoms with van der Waals surface area (Å²) in [7, 11) is 0. The van der Waals surface area contributed by atoms with Gasteiger partial charge in [0.25, 0.3) is 5.91 Å². The molecule has 0 saturated heterocycles. The largest absolute Gasteiger partial charge is 0.345 e. The summed E-state index contributed by atoms with van der Waals surface area (Å²) in [5, 5.41) is 12.0. The third kappa shape index (κ3) is 4.51. The molecule has 2 aromatic carbocycles. The molecule has 0 saturated carbocycles. The molecule has 1 amide bonds. The first-order chi connectivity index (χ1) is 11.0. The molecule has 0 aliphatic rings. The third-order valence-electron chi connectivity index (χ3n) is 3.27. The van der Waals surface area contributed by atoms with Crippen LogP contribution in [-0.2, 0) is 4.79 Å². The van der Waals surface area contributed by atoms with Gasteiger partial charge < -0.3 is 5.32 Å². The van der Waals surface area contributed by atoms with Crippen LogP contribution in [0.2, 0.25) is 0 Å². The van der Waals surface area contributed by atoms with Gasteiger partial charge in [-0.2, -0.15) is 5.26 Å². The van der Waals surface area contributed by atoms with Gasteiger partial charge in [-0.05, 0) is 52.2 Å². The molecule has 0 radical (unpaired) electrons. The topological polar surface area (TPSA) is 52.9 Å². The summed E-state index contributed by atoms with van der Waals surface area (Å²) in [5.74, 6) is -0.868. The average Bonchev–Trinajstić information content (AvgIpc) is 2.56. The number of benzene rings is 2. The lowest BCUT2D eigenvalue weighted by molar-refractivity contribution is -0.117. The number of halogens is 2. The van der Waals surface area contributed by atoms with Crippen molar-refractivity contribution in [1.82, 2.24) is 5.32 Å². The highest BCUT2D eigenvalue weighted by atomic mass is 79.9. The molecule has 1 N–H and O–H groups in total. The number of amides is 1. The summed E-state index contributed by atoms with van der Waals surface area (Å²) in [6.45, 7) is 1.84. The monoisotopic (exact) mass is 372 g/mol. The summed E-state index contributed by atoms with van der Waals surface area (Å²) in [6, 6.07) is 15.4. The lowest BCUT2D eigenvalue weighted by Gasteiger charge is -2.13. The van der Waals surface area contributed by atoms with E-state index in [1.54, 1.807) is 0 Å². The first kappa shape index (κ1) is 16.9. The molecule has 0 heterocycles. The summed E-state index contributed by atoms with van der Waals surface area (Å²) < 4.78 is 13.5. The van der Waals surface area contributed by atoms with E-state index < -0.39 is 11.7 Å². The van der Waals surface area contributed by atoms with Crippen LogP contribution in [0.5, 0.6) is 0 Å². The Balaban J connectivity index is 2.17. The standard InChI is InChI=1S/C18H14BrFN2O/c1-12(14-5-3-2-4-6-14)22-18(23)15(11-21)9-13-7-8-17(20)16(19)10-13/h2-10,12H,1H3,(H,22,23)/b15-9-. The molecule has 3 nitrogen and oxygen atoms in total. The van der Waals surface area contributed by atoms with E-state index in [-0.39, 0.29) is 16.1 Å². The number of nitriles is 1. The maximum atomic E-state index is 13.2. The second-order valence-corrected chi connectivity index (χ2v) is 5.80. The Morgan fingerprint density at radius 1 is 1.30 bits per heavy atom. The molecule has 0 aromatic heterocycles. The van der Waals surface area contributed by atoms with Crippen LogP contribution in [0.4, 0.5) is 4.39 Å². The van der Waals surface area contributed by atoms with E-state index in [9.17, 15) is 14.4 Å². The molecule has 116 valence electrons. The number of hydrogen-bond donors (Lipinski definition) is 1. The van der Waals surface area contributed by atoms with Crippen LogP contribution < -0.4 is 5.32 Å². The van der Waals surface area contributed by atoms with E-state index in [1.807, 2.05) is 43.3 Å². The van der Waals surface area contributed by atoms with Gasteiger partial charge in [0.2, 0.25) is 0 Å². The molecule has 1 unspecified atom stereocenters. The smallest absolute Gasteiger partial charge is 0.262 e. The number of carbonyl (C=O) groups is 1. The molecule has 2 aromatic rings. The van der Waals surface area contributed by atoms with Crippen LogP contribution in [0.3, 0.4) is 0 Å². The first-order valence-corrected chi connectivity index (χ1v) is 7.73. The van der Waals surface area contributed by atoms with Gasteiger partial charge in [0, 0.05) is 0 Å². The van der Waals surface area contributed by atoms with Crippen molar-refractivity contribution in [3.63, 3.8) is 0 Å². The Morgan fingerprint density at radius 3 is 2.61 bits per heavy atom. The van der Waals surface area contributed by atoms with Crippen LogP contribution in [0.15, 0.2) is 58.6 Å². The van der Waals surface area contributed by atoms with Crippen molar-refractivity contribution in [3.8, 4) is 6.07 Å². The number of nitrogens with one attached hydrogen (secondary N) is 1. The predicted molar refractivity (Wildman–Crippen MR) is 90.7 cm³/mol. The summed E-state index contributed by atoms with van der Waals surface area (Å²) in [5.41, 5.74) is 1.48. The van der Waals surface area contributed by atoms with E-state index in [4.69, 9.17) is 0 Å². The Labute approximate surface area is 142 Å². The summed E-state index contributed by atoms with van der Waals surface area (Å²) in [4.78, 5) is 12.2. The highest BCUT2D eigenvalue weighted by Crippen LogP contribution is 2.19. The molecular formula is C18H14BrFN2O. The van der Waals surface area contributed by atoms with Gasteiger partial charge in [0.1, 0.15) is 17.5 Å². The van der Waals surface area contributed by atoms with E-state index in [2.05, 4.69) is 21.2 Å². The number of carbonyl (C=O) groups excluding carboxylic acids is 1. The maximum absolute atomic E-state index is 13.2. The summed E-state index contributed by atoms with van der Waals surface area (Å²) >= 11 is 3.08. The Bertz CT molecular complexity index is 781. The van der Waals surface area contributed by atoms with Crippen molar-refractivity contribution in [2.24, 2.45) is 0 Å². The zero-order valence-corrected chi connectivity index (χ0v) is 14.0. The van der Waals surface area contributed by atoms with E-state index >= 15 is 0 Å². The van der Waals surface area contributed by atoms with Gasteiger partial charge in [-0.25, -0.2) is 4.39 Å². The van der Waals surface area contributed by atoms with E-state index in [0.717, 1.165) is 5.56 Å². The quantitative estimate of drug-likeness (QED) is 0.639. The normalized spacial score (nSPS) is 12.3. The minimum absolute atomic E-state index is 0.0358. The highest BCUT2D eigenvalue weighted by molar-refractivity contribution is 9.10. The Kier molecular flexibility index (Phi) is 5.67. The zero-order valence-electron chi connectivity index (χ0n) is 12.4. The fourth-order valence-electron chi connectivity index (χ4n) is 2.02. The van der Waals surface area contributed by atoms with Gasteiger partial charge in [-0.1, -0.05) is 36.4 Å². The minimum Gasteiger partial charge on any atom is -0.345 e. The van der Waals surface area contributed by atoms with E-state index in [1.165, 1.54) is 24.3 Å². The van der Waals surface area contributed by atoms with Gasteiger partial charge in [-0.3, -0.25) is 4.79 Å². The van der Waals surface area contributed by atoms with Crippen molar-refractivity contribution < 1.29 is 9.18 Å². The second kappa shape index (κ2) is 7.70. The van der Waals surface area contributed by atoms with Crippen molar-refractivity contribution in [3.05, 3.63) is 75.5 Å². The van der Waals surface area contributed by atoms with E-state index in [0.29, 0.717) is 5.56 Å². The molecule has 23 heavy (non-hydrogen) atoms. The third-order valence-corrected chi connectivity index (χ3v) is 3.87. The molecule has 0 fully saturated rings. The Hall–Kier alpha value is -2.45. The van der Waals surface area contributed by atoms with Gasteiger partial charge >= 0.3 is 0 Å². The van der Waals surface area contributed by atoms with Crippen LogP contribution in [0, 0.1) is 17.1 Å². The number of rotatable bonds is 4. The summed E-state index contributed by atoms with van der Waals surface area (Å²) in [6.07, 6.45) is 1.43. The molecule has 0 aliphatic heterocycles. The molecule has 0 spiro atoms. The molecule has 0 bridgehead atoms. The first-order valence-electron chi connectivity index (χ1n) is 6.94. The molecule has 5 heteroatoms. The number of hydrogen-bond acceptors (Lipinski definition) is 2. The average molecular weight is 373 g/mol. The fourth-order valence-corrected chi connectivity index (χ4v) is 2.41. The minimum atomic E-state index is -0.468. The van der Waals surface area contributed by atoms with Crippen molar-refractivity contribution in [2.45, 2.75) is 13.0 Å². The second-order valence-electron chi connectivity index (χ2n) is 4.95. The molecule has 2 rings (SSSR count). The van der Waals surface area contributed by atoms with Gasteiger partial charge in [-0.15, -0.1) is 0 Å². The molecule has 0 aliphatic carbocycles. The number of nitrogens with zero attached hydrogens (tertiary/aromatic N) is 1. The maximum Gasteiger partial charge on any atom is 0.262 e. The molecule has 1 atom stereocenters.